The van der Waals surface area contributed by atoms with Gasteiger partial charge in [-0.3, -0.25) is 4.79 Å². The van der Waals surface area contributed by atoms with Gasteiger partial charge in [0.15, 0.2) is 5.78 Å². The molecule has 0 aromatic rings. The largest absolute Gasteiger partial charge is 0.295 e. The highest BCUT2D eigenvalue weighted by molar-refractivity contribution is 5.92. The van der Waals surface area contributed by atoms with Crippen molar-refractivity contribution < 1.29 is 4.79 Å². The van der Waals surface area contributed by atoms with Crippen LogP contribution in [-0.4, -0.2) is 5.78 Å². The molecule has 0 bridgehead atoms. The maximum Gasteiger partial charge on any atom is 0.159 e. The van der Waals surface area contributed by atoms with Crippen LogP contribution >= 0.6 is 0 Å². The molecular formula is C11H16O. The summed E-state index contributed by atoms with van der Waals surface area (Å²) in [5.41, 5.74) is 0. The van der Waals surface area contributed by atoms with E-state index in [2.05, 4.69) is 13.0 Å². The first-order valence-corrected chi connectivity index (χ1v) is 4.57. The minimum atomic E-state index is 0.228. The third-order valence-electron chi connectivity index (χ3n) is 2.47. The number of ketones is 1. The van der Waals surface area contributed by atoms with E-state index in [0.717, 1.165) is 12.8 Å². The molecule has 1 aliphatic carbocycles. The number of rotatable bonds is 2. The van der Waals surface area contributed by atoms with Gasteiger partial charge in [0.2, 0.25) is 0 Å². The van der Waals surface area contributed by atoms with Gasteiger partial charge in [0.05, 0.1) is 0 Å². The second-order valence-corrected chi connectivity index (χ2v) is 3.43. The first kappa shape index (κ1) is 9.24. The zero-order valence-electron chi connectivity index (χ0n) is 7.79. The lowest BCUT2D eigenvalue weighted by atomic mass is 9.81. The van der Waals surface area contributed by atoms with Crippen LogP contribution in [0.15, 0.2) is 24.3 Å². The molecule has 0 saturated heterocycles. The molecule has 2 atom stereocenters. The van der Waals surface area contributed by atoms with Crippen molar-refractivity contribution in [2.24, 2.45) is 11.8 Å². The Morgan fingerprint density at radius 2 is 2.42 bits per heavy atom. The van der Waals surface area contributed by atoms with Gasteiger partial charge in [0.1, 0.15) is 0 Å². The summed E-state index contributed by atoms with van der Waals surface area (Å²) >= 11 is 0. The van der Waals surface area contributed by atoms with Crippen molar-refractivity contribution in [1.82, 2.24) is 0 Å². The maximum absolute atomic E-state index is 11.4. The van der Waals surface area contributed by atoms with Gasteiger partial charge in [0, 0.05) is 5.92 Å². The van der Waals surface area contributed by atoms with E-state index >= 15 is 0 Å². The van der Waals surface area contributed by atoms with Crippen molar-refractivity contribution in [2.75, 3.05) is 0 Å². The number of allylic oxidation sites excluding steroid dienone is 4. The minimum Gasteiger partial charge on any atom is -0.295 e. The average Bonchev–Trinajstić information content (AvgIpc) is 2.04. The Morgan fingerprint density at radius 1 is 1.67 bits per heavy atom. The van der Waals surface area contributed by atoms with Crippen LogP contribution in [0.1, 0.15) is 26.7 Å². The number of carbonyl (C=O) groups excluding carboxylic acids is 1. The van der Waals surface area contributed by atoms with Gasteiger partial charge in [-0.25, -0.2) is 0 Å². The van der Waals surface area contributed by atoms with E-state index in [-0.39, 0.29) is 5.92 Å². The molecule has 1 rings (SSSR count). The normalized spacial score (nSPS) is 30.0. The van der Waals surface area contributed by atoms with Crippen LogP contribution in [0.2, 0.25) is 0 Å². The number of carbonyl (C=O) groups is 1. The van der Waals surface area contributed by atoms with Gasteiger partial charge in [-0.05, 0) is 31.8 Å². The Hall–Kier alpha value is -0.850. The highest BCUT2D eigenvalue weighted by Crippen LogP contribution is 2.25. The summed E-state index contributed by atoms with van der Waals surface area (Å²) in [6.07, 6.45) is 9.76. The molecule has 0 aliphatic heterocycles. The van der Waals surface area contributed by atoms with E-state index in [4.69, 9.17) is 0 Å². The van der Waals surface area contributed by atoms with Crippen molar-refractivity contribution in [3.8, 4) is 0 Å². The molecule has 0 fully saturated rings. The molecule has 0 amide bonds. The fourth-order valence-electron chi connectivity index (χ4n) is 1.60. The molecular weight excluding hydrogens is 148 g/mol. The Labute approximate surface area is 74.2 Å². The topological polar surface area (TPSA) is 17.1 Å². The van der Waals surface area contributed by atoms with Gasteiger partial charge in [-0.1, -0.05) is 25.2 Å². The monoisotopic (exact) mass is 164 g/mol. The lowest BCUT2D eigenvalue weighted by Crippen LogP contribution is -2.22. The molecule has 0 aromatic heterocycles. The average molecular weight is 164 g/mol. The molecule has 0 saturated carbocycles. The summed E-state index contributed by atoms with van der Waals surface area (Å²) in [6, 6.07) is 0. The zero-order chi connectivity index (χ0) is 8.97. The molecule has 12 heavy (non-hydrogen) atoms. The van der Waals surface area contributed by atoms with E-state index in [1.165, 1.54) is 0 Å². The molecule has 1 heteroatoms. The summed E-state index contributed by atoms with van der Waals surface area (Å²) in [5.74, 6) is 1.04. The van der Waals surface area contributed by atoms with Gasteiger partial charge in [-0.15, -0.1) is 0 Å². The Kier molecular flexibility index (Phi) is 3.27. The van der Waals surface area contributed by atoms with Crippen LogP contribution in [0, 0.1) is 11.8 Å². The van der Waals surface area contributed by atoms with Crippen LogP contribution < -0.4 is 0 Å². The van der Waals surface area contributed by atoms with Crippen molar-refractivity contribution >= 4 is 5.78 Å². The summed E-state index contributed by atoms with van der Waals surface area (Å²) in [6.45, 7) is 4.14. The zero-order valence-corrected chi connectivity index (χ0v) is 7.79. The summed E-state index contributed by atoms with van der Waals surface area (Å²) < 4.78 is 0. The van der Waals surface area contributed by atoms with Crippen LogP contribution in [0.3, 0.4) is 0 Å². The lowest BCUT2D eigenvalue weighted by molar-refractivity contribution is -0.119. The molecule has 0 radical (unpaired) electrons. The van der Waals surface area contributed by atoms with E-state index in [0.29, 0.717) is 11.7 Å². The maximum atomic E-state index is 11.4. The van der Waals surface area contributed by atoms with Gasteiger partial charge in [0.25, 0.3) is 0 Å². The fourth-order valence-corrected chi connectivity index (χ4v) is 1.60. The molecule has 0 N–H and O–H groups in total. The summed E-state index contributed by atoms with van der Waals surface area (Å²) in [4.78, 5) is 11.4. The van der Waals surface area contributed by atoms with Crippen molar-refractivity contribution in [3.05, 3.63) is 24.3 Å². The minimum absolute atomic E-state index is 0.228. The number of hydrogen-bond donors (Lipinski definition) is 0. The molecule has 0 aromatic carbocycles. The molecule has 0 unspecified atom stereocenters. The van der Waals surface area contributed by atoms with Crippen molar-refractivity contribution in [3.63, 3.8) is 0 Å². The number of hydrogen-bond acceptors (Lipinski definition) is 1. The predicted octanol–water partition coefficient (Wildman–Crippen LogP) is 2.73. The lowest BCUT2D eigenvalue weighted by Gasteiger charge is -2.22. The molecule has 1 aliphatic rings. The summed E-state index contributed by atoms with van der Waals surface area (Å²) in [5, 5.41) is 0. The summed E-state index contributed by atoms with van der Waals surface area (Å²) in [7, 11) is 0. The molecule has 1 nitrogen and oxygen atoms in total. The van der Waals surface area contributed by atoms with Gasteiger partial charge >= 0.3 is 0 Å². The standard InChI is InChI=1S/C11H16O/c1-3-4-7-10-9(2)6-5-8-11(10)12/h3-5,8-10H,6-7H2,1-2H3/b4-3+/t9-,10-/m0/s1. The van der Waals surface area contributed by atoms with Crippen LogP contribution in [0.4, 0.5) is 0 Å². The van der Waals surface area contributed by atoms with Crippen molar-refractivity contribution in [1.29, 1.82) is 0 Å². The van der Waals surface area contributed by atoms with Crippen LogP contribution in [0.5, 0.6) is 0 Å². The van der Waals surface area contributed by atoms with Crippen LogP contribution in [-0.2, 0) is 4.79 Å². The second-order valence-electron chi connectivity index (χ2n) is 3.43. The van der Waals surface area contributed by atoms with Crippen molar-refractivity contribution in [2.45, 2.75) is 26.7 Å². The van der Waals surface area contributed by atoms with Crippen LogP contribution in [0.25, 0.3) is 0 Å². The SMILES string of the molecule is C/C=C/C[C@@H]1C(=O)C=CC[C@@H]1C. The van der Waals surface area contributed by atoms with Gasteiger partial charge in [-0.2, -0.15) is 0 Å². The van der Waals surface area contributed by atoms with E-state index in [9.17, 15) is 4.79 Å². The molecule has 0 spiro atoms. The highest BCUT2D eigenvalue weighted by atomic mass is 16.1. The first-order valence-electron chi connectivity index (χ1n) is 4.57. The molecule has 0 heterocycles. The van der Waals surface area contributed by atoms with E-state index < -0.39 is 0 Å². The Balaban J connectivity index is 2.60. The van der Waals surface area contributed by atoms with E-state index in [1.807, 2.05) is 19.1 Å². The fraction of sp³-hybridized carbons (Fsp3) is 0.545. The first-order chi connectivity index (χ1) is 5.75. The van der Waals surface area contributed by atoms with Gasteiger partial charge < -0.3 is 0 Å². The quantitative estimate of drug-likeness (QED) is 0.573. The van der Waals surface area contributed by atoms with E-state index in [1.54, 1.807) is 6.08 Å². The smallest absolute Gasteiger partial charge is 0.159 e. The Morgan fingerprint density at radius 3 is 3.00 bits per heavy atom. The second kappa shape index (κ2) is 4.24. The third-order valence-corrected chi connectivity index (χ3v) is 2.47. The third kappa shape index (κ3) is 2.07. The highest BCUT2D eigenvalue weighted by Gasteiger charge is 2.23. The Bertz CT molecular complexity index is 213. The predicted molar refractivity (Wildman–Crippen MR) is 50.8 cm³/mol. The molecule has 66 valence electrons.